The van der Waals surface area contributed by atoms with Crippen molar-refractivity contribution < 1.29 is 28.5 Å². The maximum atomic E-state index is 14.8. The number of hydrogen-bond acceptors (Lipinski definition) is 7. The molecule has 0 saturated heterocycles. The third-order valence-electron chi connectivity index (χ3n) is 4.77. The lowest BCUT2D eigenvalue weighted by atomic mass is 10.1. The summed E-state index contributed by atoms with van der Waals surface area (Å²) in [6, 6.07) is 8.60. The Kier molecular flexibility index (Phi) is 8.33. The van der Waals surface area contributed by atoms with Crippen molar-refractivity contribution in [3.63, 3.8) is 0 Å². The molecule has 32 heavy (non-hydrogen) atoms. The predicted molar refractivity (Wildman–Crippen MR) is 123 cm³/mol. The summed E-state index contributed by atoms with van der Waals surface area (Å²) in [6.45, 7) is 5.57. The minimum atomic E-state index is -0.897. The number of ether oxygens (including phenoxy) is 3. The van der Waals surface area contributed by atoms with Gasteiger partial charge >= 0.3 is 5.97 Å². The summed E-state index contributed by atoms with van der Waals surface area (Å²) in [5.41, 5.74) is -0.0713. The molecule has 1 atom stereocenters. The lowest BCUT2D eigenvalue weighted by Gasteiger charge is -2.15. The van der Waals surface area contributed by atoms with Gasteiger partial charge in [-0.2, -0.15) is 0 Å². The zero-order valence-electron chi connectivity index (χ0n) is 17.8. The predicted octanol–water partition coefficient (Wildman–Crippen LogP) is 4.13. The van der Waals surface area contributed by atoms with Crippen molar-refractivity contribution in [1.29, 1.82) is 0 Å². The van der Waals surface area contributed by atoms with Crippen LogP contribution < -0.4 is 10.2 Å². The summed E-state index contributed by atoms with van der Waals surface area (Å²) in [5, 5.41) is 10.6. The van der Waals surface area contributed by atoms with Crippen molar-refractivity contribution in [2.24, 2.45) is 0 Å². The van der Waals surface area contributed by atoms with Gasteiger partial charge in [0.2, 0.25) is 0 Å². The SMILES string of the molecule is C=CC(=O)OCCCCOCC(O)COc1cc(C)c(F)c2c(=O)c3ccccc3sc12. The van der Waals surface area contributed by atoms with Gasteiger partial charge in [-0.25, -0.2) is 9.18 Å². The van der Waals surface area contributed by atoms with Crippen LogP contribution in [-0.4, -0.2) is 43.6 Å². The first kappa shape index (κ1) is 23.8. The molecule has 1 unspecified atom stereocenters. The van der Waals surface area contributed by atoms with E-state index in [1.165, 1.54) is 11.3 Å². The number of carbonyl (C=O) groups is 1. The van der Waals surface area contributed by atoms with Crippen molar-refractivity contribution in [3.8, 4) is 5.75 Å². The van der Waals surface area contributed by atoms with E-state index in [-0.39, 0.29) is 30.6 Å². The Hall–Kier alpha value is -2.81. The molecule has 0 radical (unpaired) electrons. The third-order valence-corrected chi connectivity index (χ3v) is 5.96. The van der Waals surface area contributed by atoms with Crippen LogP contribution in [0.1, 0.15) is 18.4 Å². The molecule has 0 amide bonds. The number of esters is 1. The Labute approximate surface area is 188 Å². The summed E-state index contributed by atoms with van der Waals surface area (Å²) >= 11 is 1.28. The van der Waals surface area contributed by atoms with Crippen molar-refractivity contribution in [2.75, 3.05) is 26.4 Å². The Morgan fingerprint density at radius 3 is 2.78 bits per heavy atom. The molecule has 2 aromatic carbocycles. The Bertz CT molecular complexity index is 1170. The molecule has 0 saturated carbocycles. The van der Waals surface area contributed by atoms with E-state index in [4.69, 9.17) is 14.2 Å². The van der Waals surface area contributed by atoms with E-state index >= 15 is 0 Å². The fourth-order valence-corrected chi connectivity index (χ4v) is 4.28. The molecular weight excluding hydrogens is 435 g/mol. The van der Waals surface area contributed by atoms with E-state index in [0.29, 0.717) is 40.8 Å². The number of aryl methyl sites for hydroxylation is 1. The summed E-state index contributed by atoms with van der Waals surface area (Å²) < 4.78 is 32.0. The molecule has 1 heterocycles. The first-order valence-electron chi connectivity index (χ1n) is 10.2. The van der Waals surface area contributed by atoms with Crippen molar-refractivity contribution in [2.45, 2.75) is 25.9 Å². The van der Waals surface area contributed by atoms with Crippen molar-refractivity contribution in [1.82, 2.24) is 0 Å². The molecule has 170 valence electrons. The van der Waals surface area contributed by atoms with E-state index in [1.54, 1.807) is 25.1 Å². The topological polar surface area (TPSA) is 82.1 Å². The Morgan fingerprint density at radius 2 is 2.00 bits per heavy atom. The second-order valence-electron chi connectivity index (χ2n) is 7.26. The molecule has 8 heteroatoms. The van der Waals surface area contributed by atoms with Crippen LogP contribution >= 0.6 is 11.3 Å². The lowest BCUT2D eigenvalue weighted by molar-refractivity contribution is -0.137. The quantitative estimate of drug-likeness (QED) is 0.201. The molecule has 0 bridgehead atoms. The molecule has 3 aromatic rings. The highest BCUT2D eigenvalue weighted by Gasteiger charge is 2.18. The molecule has 1 N–H and O–H groups in total. The zero-order chi connectivity index (χ0) is 23.1. The molecule has 0 spiro atoms. The highest BCUT2D eigenvalue weighted by atomic mass is 32.1. The second-order valence-corrected chi connectivity index (χ2v) is 8.31. The summed E-state index contributed by atoms with van der Waals surface area (Å²) in [5.74, 6) is -0.656. The van der Waals surface area contributed by atoms with Crippen LogP contribution in [0.25, 0.3) is 20.2 Å². The first-order chi connectivity index (χ1) is 15.4. The highest BCUT2D eigenvalue weighted by Crippen LogP contribution is 2.35. The second kappa shape index (κ2) is 11.2. The van der Waals surface area contributed by atoms with Gasteiger partial charge in [-0.1, -0.05) is 18.7 Å². The highest BCUT2D eigenvalue weighted by molar-refractivity contribution is 7.24. The van der Waals surface area contributed by atoms with E-state index in [1.807, 2.05) is 12.1 Å². The number of rotatable bonds is 11. The summed E-state index contributed by atoms with van der Waals surface area (Å²) in [7, 11) is 0. The van der Waals surface area contributed by atoms with E-state index in [9.17, 15) is 19.1 Å². The van der Waals surface area contributed by atoms with E-state index in [0.717, 1.165) is 10.8 Å². The van der Waals surface area contributed by atoms with Gasteiger partial charge in [0.1, 0.15) is 24.3 Å². The smallest absolute Gasteiger partial charge is 0.330 e. The standard InChI is InChI=1S/C24H25FO6S/c1-3-20(27)30-11-7-6-10-29-13-16(26)14-31-18-12-15(2)22(25)21-23(28)17-8-4-5-9-19(17)32-24(18)21/h3-5,8-9,12,16,26H,1,6-7,10-11,13-14H2,2H3. The van der Waals surface area contributed by atoms with Gasteiger partial charge in [0, 0.05) is 22.8 Å². The van der Waals surface area contributed by atoms with Gasteiger partial charge in [-0.15, -0.1) is 11.3 Å². The van der Waals surface area contributed by atoms with Crippen LogP contribution in [0.2, 0.25) is 0 Å². The minimum absolute atomic E-state index is 0.00611. The molecule has 0 fully saturated rings. The van der Waals surface area contributed by atoms with E-state index in [2.05, 4.69) is 6.58 Å². The number of hydrogen-bond donors (Lipinski definition) is 1. The summed E-state index contributed by atoms with van der Waals surface area (Å²) in [6.07, 6.45) is 1.52. The average molecular weight is 461 g/mol. The fourth-order valence-electron chi connectivity index (χ4n) is 3.14. The third kappa shape index (κ3) is 5.70. The monoisotopic (exact) mass is 460 g/mol. The number of aliphatic hydroxyl groups is 1. The molecule has 6 nitrogen and oxygen atoms in total. The number of aliphatic hydroxyl groups excluding tert-OH is 1. The van der Waals surface area contributed by atoms with Gasteiger partial charge < -0.3 is 19.3 Å². The van der Waals surface area contributed by atoms with Crippen molar-refractivity contribution in [3.05, 3.63) is 64.6 Å². The molecular formula is C24H25FO6S. The van der Waals surface area contributed by atoms with Gasteiger partial charge in [0.25, 0.3) is 0 Å². The van der Waals surface area contributed by atoms with Crippen LogP contribution in [0.15, 0.2) is 47.8 Å². The van der Waals surface area contributed by atoms with Gasteiger partial charge in [-0.05, 0) is 43.5 Å². The number of unbranched alkanes of at least 4 members (excludes halogenated alkanes) is 1. The van der Waals surface area contributed by atoms with Crippen LogP contribution in [0.5, 0.6) is 5.75 Å². The summed E-state index contributed by atoms with van der Waals surface area (Å²) in [4.78, 5) is 23.8. The van der Waals surface area contributed by atoms with Crippen LogP contribution in [0.3, 0.4) is 0 Å². The number of fused-ring (bicyclic) bond motifs is 2. The lowest BCUT2D eigenvalue weighted by Crippen LogP contribution is -2.24. The first-order valence-corrected chi connectivity index (χ1v) is 11.1. The van der Waals surface area contributed by atoms with Gasteiger partial charge in [-0.3, -0.25) is 4.79 Å². The molecule has 3 rings (SSSR count). The Balaban J connectivity index is 1.60. The number of halogens is 1. The van der Waals surface area contributed by atoms with Gasteiger partial charge in [0.05, 0.1) is 23.3 Å². The number of carbonyl (C=O) groups excluding carboxylic acids is 1. The van der Waals surface area contributed by atoms with E-state index < -0.39 is 17.9 Å². The van der Waals surface area contributed by atoms with Crippen molar-refractivity contribution >= 4 is 37.5 Å². The normalized spacial score (nSPS) is 12.1. The van der Waals surface area contributed by atoms with Gasteiger partial charge in [0.15, 0.2) is 5.43 Å². The maximum Gasteiger partial charge on any atom is 0.330 e. The maximum absolute atomic E-state index is 14.8. The van der Waals surface area contributed by atoms with Crippen LogP contribution in [0.4, 0.5) is 4.39 Å². The molecule has 0 aliphatic heterocycles. The zero-order valence-corrected chi connectivity index (χ0v) is 18.6. The minimum Gasteiger partial charge on any atom is -0.489 e. The number of benzene rings is 2. The fraction of sp³-hybridized carbons (Fsp3) is 0.333. The largest absolute Gasteiger partial charge is 0.489 e. The van der Waals surface area contributed by atoms with Crippen LogP contribution in [-0.2, 0) is 14.3 Å². The molecule has 0 aliphatic rings. The average Bonchev–Trinajstić information content (AvgIpc) is 2.79. The molecule has 0 aliphatic carbocycles. The van der Waals surface area contributed by atoms with Crippen LogP contribution in [0, 0.1) is 12.7 Å². The Morgan fingerprint density at radius 1 is 1.25 bits per heavy atom. The molecule has 1 aromatic heterocycles.